The quantitative estimate of drug-likeness (QED) is 0.317. The second kappa shape index (κ2) is 11.7. The Morgan fingerprint density at radius 1 is 1.11 bits per heavy atom. The molecule has 1 aromatic heterocycles. The SMILES string of the molecule is CN=C(NCCc1ccc(OC)cc1)NCc1ccc(OCC2CC2)nc1.I. The van der Waals surface area contributed by atoms with Gasteiger partial charge in [-0.25, -0.2) is 4.98 Å². The van der Waals surface area contributed by atoms with Gasteiger partial charge in [-0.3, -0.25) is 4.99 Å². The monoisotopic (exact) mass is 496 g/mol. The highest BCUT2D eigenvalue weighted by Gasteiger charge is 2.21. The van der Waals surface area contributed by atoms with Gasteiger partial charge in [0.15, 0.2) is 5.96 Å². The lowest BCUT2D eigenvalue weighted by atomic mass is 10.1. The molecule has 3 rings (SSSR count). The van der Waals surface area contributed by atoms with Crippen LogP contribution in [0.2, 0.25) is 0 Å². The van der Waals surface area contributed by atoms with Crippen molar-refractivity contribution in [2.24, 2.45) is 10.9 Å². The van der Waals surface area contributed by atoms with E-state index in [-0.39, 0.29) is 24.0 Å². The van der Waals surface area contributed by atoms with Gasteiger partial charge in [0.1, 0.15) is 5.75 Å². The van der Waals surface area contributed by atoms with E-state index in [2.05, 4.69) is 32.7 Å². The van der Waals surface area contributed by atoms with Gasteiger partial charge in [-0.15, -0.1) is 24.0 Å². The first-order chi connectivity index (χ1) is 13.3. The highest BCUT2D eigenvalue weighted by molar-refractivity contribution is 14.0. The summed E-state index contributed by atoms with van der Waals surface area (Å²) in [7, 11) is 3.45. The molecule has 2 aromatic rings. The van der Waals surface area contributed by atoms with Gasteiger partial charge in [-0.2, -0.15) is 0 Å². The molecule has 7 heteroatoms. The summed E-state index contributed by atoms with van der Waals surface area (Å²) in [6.45, 7) is 2.26. The number of hydrogen-bond donors (Lipinski definition) is 2. The number of nitrogens with zero attached hydrogens (tertiary/aromatic N) is 2. The second-order valence-corrected chi connectivity index (χ2v) is 6.71. The van der Waals surface area contributed by atoms with E-state index < -0.39 is 0 Å². The fourth-order valence-corrected chi connectivity index (χ4v) is 2.61. The Kier molecular flexibility index (Phi) is 9.33. The number of pyridine rings is 1. The van der Waals surface area contributed by atoms with Crippen LogP contribution in [-0.4, -0.2) is 38.3 Å². The fraction of sp³-hybridized carbons (Fsp3) is 0.429. The minimum atomic E-state index is 0. The van der Waals surface area contributed by atoms with Crippen molar-refractivity contribution in [3.63, 3.8) is 0 Å². The van der Waals surface area contributed by atoms with Crippen molar-refractivity contribution >= 4 is 29.9 Å². The minimum absolute atomic E-state index is 0. The number of rotatable bonds is 9. The molecule has 1 aliphatic rings. The number of methoxy groups -OCH3 is 1. The fourth-order valence-electron chi connectivity index (χ4n) is 2.61. The van der Waals surface area contributed by atoms with Crippen molar-refractivity contribution in [1.29, 1.82) is 0 Å². The molecule has 0 bridgehead atoms. The standard InChI is InChI=1S/C21H28N4O2.HI/c1-22-21(23-12-11-16-5-8-19(26-2)9-6-16)25-14-18-7-10-20(24-13-18)27-15-17-3-4-17;/h5-10,13,17H,3-4,11-12,14-15H2,1-2H3,(H2,22,23,25);1H. The lowest BCUT2D eigenvalue weighted by molar-refractivity contribution is 0.288. The molecule has 1 aliphatic carbocycles. The summed E-state index contributed by atoms with van der Waals surface area (Å²) in [6.07, 6.45) is 5.33. The number of hydrogen-bond acceptors (Lipinski definition) is 4. The average molecular weight is 496 g/mol. The Hall–Kier alpha value is -2.03. The van der Waals surface area contributed by atoms with Crippen LogP contribution in [0.15, 0.2) is 47.6 Å². The molecule has 0 radical (unpaired) electrons. The van der Waals surface area contributed by atoms with Crippen molar-refractivity contribution in [1.82, 2.24) is 15.6 Å². The zero-order valence-corrected chi connectivity index (χ0v) is 18.8. The molecular formula is C21H29IN4O2. The molecule has 2 N–H and O–H groups in total. The highest BCUT2D eigenvalue weighted by atomic mass is 127. The largest absolute Gasteiger partial charge is 0.497 e. The molecule has 0 atom stereocenters. The zero-order valence-electron chi connectivity index (χ0n) is 16.5. The number of aromatic nitrogens is 1. The molecule has 6 nitrogen and oxygen atoms in total. The maximum Gasteiger partial charge on any atom is 0.213 e. The summed E-state index contributed by atoms with van der Waals surface area (Å²) in [4.78, 5) is 8.63. The van der Waals surface area contributed by atoms with Crippen LogP contribution in [0, 0.1) is 5.92 Å². The smallest absolute Gasteiger partial charge is 0.213 e. The van der Waals surface area contributed by atoms with Gasteiger partial charge >= 0.3 is 0 Å². The third-order valence-electron chi connectivity index (χ3n) is 4.51. The van der Waals surface area contributed by atoms with E-state index in [1.807, 2.05) is 30.5 Å². The first kappa shape index (κ1) is 22.3. The Morgan fingerprint density at radius 2 is 1.86 bits per heavy atom. The summed E-state index contributed by atoms with van der Waals surface area (Å²) in [6, 6.07) is 12.1. The second-order valence-electron chi connectivity index (χ2n) is 6.71. The Balaban J connectivity index is 0.00000280. The average Bonchev–Trinajstić information content (AvgIpc) is 3.55. The molecular weight excluding hydrogens is 467 g/mol. The minimum Gasteiger partial charge on any atom is -0.497 e. The number of aliphatic imine (C=N–C) groups is 1. The predicted molar refractivity (Wildman–Crippen MR) is 123 cm³/mol. The summed E-state index contributed by atoms with van der Waals surface area (Å²) in [5, 5.41) is 6.64. The van der Waals surface area contributed by atoms with Crippen LogP contribution >= 0.6 is 24.0 Å². The Bertz CT molecular complexity index is 731. The van der Waals surface area contributed by atoms with Gasteiger partial charge in [0, 0.05) is 32.4 Å². The topological polar surface area (TPSA) is 67.8 Å². The molecule has 152 valence electrons. The van der Waals surface area contributed by atoms with E-state index in [1.165, 1.54) is 18.4 Å². The van der Waals surface area contributed by atoms with E-state index >= 15 is 0 Å². The third kappa shape index (κ3) is 7.53. The van der Waals surface area contributed by atoms with Crippen molar-refractivity contribution < 1.29 is 9.47 Å². The number of nitrogens with one attached hydrogen (secondary N) is 2. The van der Waals surface area contributed by atoms with Crippen molar-refractivity contribution in [3.05, 3.63) is 53.7 Å². The van der Waals surface area contributed by atoms with Crippen LogP contribution in [0.4, 0.5) is 0 Å². The highest BCUT2D eigenvalue weighted by Crippen LogP contribution is 2.29. The van der Waals surface area contributed by atoms with Crippen molar-refractivity contribution in [3.8, 4) is 11.6 Å². The van der Waals surface area contributed by atoms with Crippen LogP contribution in [0.1, 0.15) is 24.0 Å². The third-order valence-corrected chi connectivity index (χ3v) is 4.51. The number of ether oxygens (including phenoxy) is 2. The summed E-state index contributed by atoms with van der Waals surface area (Å²) < 4.78 is 10.8. The molecule has 0 amide bonds. The molecule has 0 aliphatic heterocycles. The molecule has 0 unspecified atom stereocenters. The zero-order chi connectivity index (χ0) is 18.9. The lowest BCUT2D eigenvalue weighted by Crippen LogP contribution is -2.37. The van der Waals surface area contributed by atoms with Crippen LogP contribution in [0.3, 0.4) is 0 Å². The normalized spacial score (nSPS) is 13.4. The molecule has 1 aromatic carbocycles. The van der Waals surface area contributed by atoms with Gasteiger partial charge in [0.2, 0.25) is 5.88 Å². The molecule has 1 saturated carbocycles. The van der Waals surface area contributed by atoms with E-state index in [4.69, 9.17) is 9.47 Å². The van der Waals surface area contributed by atoms with Gasteiger partial charge < -0.3 is 20.1 Å². The number of benzene rings is 1. The van der Waals surface area contributed by atoms with Crippen LogP contribution in [0.25, 0.3) is 0 Å². The maximum atomic E-state index is 5.67. The molecule has 1 heterocycles. The van der Waals surface area contributed by atoms with Crippen LogP contribution < -0.4 is 20.1 Å². The molecule has 1 fully saturated rings. The van der Waals surface area contributed by atoms with Crippen LogP contribution in [0.5, 0.6) is 11.6 Å². The van der Waals surface area contributed by atoms with Crippen molar-refractivity contribution in [2.75, 3.05) is 27.3 Å². The summed E-state index contributed by atoms with van der Waals surface area (Å²) in [5.41, 5.74) is 2.34. The molecule has 0 spiro atoms. The van der Waals surface area contributed by atoms with Gasteiger partial charge in [0.25, 0.3) is 0 Å². The number of guanidine groups is 1. The summed E-state index contributed by atoms with van der Waals surface area (Å²) >= 11 is 0. The first-order valence-electron chi connectivity index (χ1n) is 9.42. The van der Waals surface area contributed by atoms with E-state index in [9.17, 15) is 0 Å². The van der Waals surface area contributed by atoms with Crippen molar-refractivity contribution in [2.45, 2.75) is 25.8 Å². The Labute approximate surface area is 184 Å². The maximum absolute atomic E-state index is 5.67. The summed E-state index contributed by atoms with van der Waals surface area (Å²) in [5.74, 6) is 3.09. The van der Waals surface area contributed by atoms with Gasteiger partial charge in [-0.1, -0.05) is 18.2 Å². The Morgan fingerprint density at radius 3 is 2.46 bits per heavy atom. The van der Waals surface area contributed by atoms with Crippen LogP contribution in [-0.2, 0) is 13.0 Å². The first-order valence-corrected chi connectivity index (χ1v) is 9.42. The molecule has 28 heavy (non-hydrogen) atoms. The lowest BCUT2D eigenvalue weighted by Gasteiger charge is -2.12. The van der Waals surface area contributed by atoms with Gasteiger partial charge in [-0.05, 0) is 48.4 Å². The van der Waals surface area contributed by atoms with E-state index in [0.29, 0.717) is 12.4 Å². The van der Waals surface area contributed by atoms with E-state index in [0.717, 1.165) is 42.8 Å². The number of halogens is 1. The van der Waals surface area contributed by atoms with E-state index in [1.54, 1.807) is 14.2 Å². The van der Waals surface area contributed by atoms with Gasteiger partial charge in [0.05, 0.1) is 13.7 Å². The molecule has 0 saturated heterocycles. The predicted octanol–water partition coefficient (Wildman–Crippen LogP) is 3.40.